The largest absolute Gasteiger partial charge is 0.422 e. The van der Waals surface area contributed by atoms with Crippen molar-refractivity contribution in [3.8, 4) is 42.5 Å². The lowest BCUT2D eigenvalue weighted by atomic mass is 9.86. The molecule has 0 fully saturated rings. The molecule has 0 N–H and O–H groups in total. The third-order valence-corrected chi connectivity index (χ3v) is 7.88. The molecule has 5 rings (SSSR count). The second-order valence-electron chi connectivity index (χ2n) is 10.5. The van der Waals surface area contributed by atoms with E-state index in [9.17, 15) is 80.7 Å². The van der Waals surface area contributed by atoms with Crippen LogP contribution in [0, 0.1) is 103 Å². The van der Waals surface area contributed by atoms with Gasteiger partial charge in [-0.2, -0.15) is 63.2 Å². The molecule has 7 nitrogen and oxygen atoms in total. The minimum Gasteiger partial charge on any atom is -0.206 e. The Bertz CT molecular complexity index is 2580. The molecule has 0 saturated heterocycles. The van der Waals surface area contributed by atoms with E-state index >= 15 is 0 Å². The molecule has 0 radical (unpaired) electrons. The normalized spacial score (nSPS) is 13.2. The highest BCUT2D eigenvalue weighted by molar-refractivity contribution is 6.31. The van der Waals surface area contributed by atoms with Gasteiger partial charge < -0.3 is 0 Å². The number of alkyl halides is 6. The fourth-order valence-electron chi connectivity index (χ4n) is 6.04. The number of fused-ring (bicyclic) bond motifs is 2. The SMILES string of the molecule is N#CC(C#N)=C1C(c2cc(F)c(C(F)(F)F)c(F)c2)=C(C#N)c2c1cc1c(c2C#N)C(=C(C#N)C#N)C(c2cc(F)c(C(F)(F)F)c(F)c2)=C1C#N. The van der Waals surface area contributed by atoms with Crippen molar-refractivity contribution in [1.82, 2.24) is 0 Å². The van der Waals surface area contributed by atoms with E-state index in [2.05, 4.69) is 0 Å². The summed E-state index contributed by atoms with van der Waals surface area (Å²) in [6, 6.07) is 12.2. The maximum atomic E-state index is 14.8. The van der Waals surface area contributed by atoms with E-state index < -0.39 is 130 Å². The monoisotopic (exact) mass is 713 g/mol. The number of allylic oxidation sites excluding steroid dienone is 8. The van der Waals surface area contributed by atoms with Crippen molar-refractivity contribution in [3.63, 3.8) is 0 Å². The predicted molar refractivity (Wildman–Crippen MR) is 155 cm³/mol. The lowest BCUT2D eigenvalue weighted by Gasteiger charge is -2.15. The number of rotatable bonds is 2. The first-order chi connectivity index (χ1) is 24.4. The van der Waals surface area contributed by atoms with Crippen LogP contribution in [-0.4, -0.2) is 0 Å². The zero-order chi connectivity index (χ0) is 38.6. The van der Waals surface area contributed by atoms with Crippen molar-refractivity contribution in [3.05, 3.63) is 115 Å². The van der Waals surface area contributed by atoms with Gasteiger partial charge in [0.2, 0.25) is 0 Å². The summed E-state index contributed by atoms with van der Waals surface area (Å²) in [6.07, 6.45) is -11.1. The van der Waals surface area contributed by atoms with Crippen LogP contribution in [0.3, 0.4) is 0 Å². The fourth-order valence-corrected chi connectivity index (χ4v) is 6.04. The molecular formula is C35H5F10N7. The van der Waals surface area contributed by atoms with Gasteiger partial charge in [0.25, 0.3) is 0 Å². The van der Waals surface area contributed by atoms with Crippen molar-refractivity contribution < 1.29 is 43.9 Å². The molecule has 2 aliphatic rings. The summed E-state index contributed by atoms with van der Waals surface area (Å²) in [6.45, 7) is 0. The van der Waals surface area contributed by atoms with Crippen LogP contribution in [0.25, 0.3) is 33.4 Å². The van der Waals surface area contributed by atoms with Crippen molar-refractivity contribution >= 4 is 33.4 Å². The second kappa shape index (κ2) is 12.3. The number of hydrogen-bond acceptors (Lipinski definition) is 7. The Labute approximate surface area is 283 Å². The molecule has 0 saturated carbocycles. The predicted octanol–water partition coefficient (Wildman–Crippen LogP) is 8.65. The van der Waals surface area contributed by atoms with Crippen LogP contribution in [0.2, 0.25) is 0 Å². The number of hydrogen-bond donors (Lipinski definition) is 0. The maximum absolute atomic E-state index is 14.8. The molecule has 0 heterocycles. The van der Waals surface area contributed by atoms with Crippen LogP contribution in [-0.2, 0) is 12.4 Å². The molecule has 0 unspecified atom stereocenters. The van der Waals surface area contributed by atoms with E-state index in [1.54, 1.807) is 18.2 Å². The summed E-state index contributed by atoms with van der Waals surface area (Å²) in [5, 5.41) is 70.4. The van der Waals surface area contributed by atoms with E-state index in [1.165, 1.54) is 24.3 Å². The van der Waals surface area contributed by atoms with Crippen molar-refractivity contribution in [1.29, 1.82) is 36.8 Å². The summed E-state index contributed by atoms with van der Waals surface area (Å²) in [5.41, 5.74) is -15.4. The molecule has 0 spiro atoms. The highest BCUT2D eigenvalue weighted by Gasteiger charge is 2.44. The van der Waals surface area contributed by atoms with Gasteiger partial charge in [0.15, 0.2) is 0 Å². The van der Waals surface area contributed by atoms with E-state index in [0.717, 1.165) is 6.07 Å². The Morgan fingerprint density at radius 3 is 1.19 bits per heavy atom. The van der Waals surface area contributed by atoms with Gasteiger partial charge in [-0.05, 0) is 47.0 Å². The van der Waals surface area contributed by atoms with Crippen molar-refractivity contribution in [2.75, 3.05) is 0 Å². The summed E-state index contributed by atoms with van der Waals surface area (Å²) >= 11 is 0. The zero-order valence-corrected chi connectivity index (χ0v) is 24.8. The summed E-state index contributed by atoms with van der Waals surface area (Å²) < 4.78 is 140. The Balaban J connectivity index is 1.99. The molecule has 0 aliphatic heterocycles. The Kier molecular flexibility index (Phi) is 8.47. The van der Waals surface area contributed by atoms with Gasteiger partial charge in [-0.3, -0.25) is 0 Å². The zero-order valence-electron chi connectivity index (χ0n) is 24.8. The van der Waals surface area contributed by atoms with Crippen LogP contribution in [0.15, 0.2) is 41.5 Å². The summed E-state index contributed by atoms with van der Waals surface area (Å²) in [4.78, 5) is 0. The van der Waals surface area contributed by atoms with E-state index in [-0.39, 0.29) is 24.3 Å². The van der Waals surface area contributed by atoms with Crippen LogP contribution in [0.5, 0.6) is 0 Å². The molecule has 17 heteroatoms. The molecule has 2 aliphatic carbocycles. The minimum absolute atomic E-state index is 0.151. The molecule has 52 heavy (non-hydrogen) atoms. The van der Waals surface area contributed by atoms with Gasteiger partial charge in [0.05, 0.1) is 16.7 Å². The van der Waals surface area contributed by atoms with Crippen molar-refractivity contribution in [2.24, 2.45) is 0 Å². The lowest BCUT2D eigenvalue weighted by Crippen LogP contribution is -2.12. The topological polar surface area (TPSA) is 167 Å². The van der Waals surface area contributed by atoms with Gasteiger partial charge in [-0.25, -0.2) is 17.6 Å². The highest BCUT2D eigenvalue weighted by atomic mass is 19.4. The van der Waals surface area contributed by atoms with Gasteiger partial charge in [-0.15, -0.1) is 0 Å². The Morgan fingerprint density at radius 1 is 0.462 bits per heavy atom. The van der Waals surface area contributed by atoms with Gasteiger partial charge in [0.1, 0.15) is 88.0 Å². The van der Waals surface area contributed by atoms with Crippen LogP contribution >= 0.6 is 0 Å². The van der Waals surface area contributed by atoms with Crippen LogP contribution in [0.4, 0.5) is 43.9 Å². The van der Waals surface area contributed by atoms with E-state index in [1.807, 2.05) is 0 Å². The Hall–Kier alpha value is -7.65. The molecule has 250 valence electrons. The van der Waals surface area contributed by atoms with Crippen molar-refractivity contribution in [2.45, 2.75) is 12.4 Å². The molecule has 3 aromatic carbocycles. The average Bonchev–Trinajstić information content (AvgIpc) is 3.55. The highest BCUT2D eigenvalue weighted by Crippen LogP contribution is 2.56. The molecule has 0 aromatic heterocycles. The molecule has 0 bridgehead atoms. The third-order valence-electron chi connectivity index (χ3n) is 7.88. The first-order valence-corrected chi connectivity index (χ1v) is 13.6. The first kappa shape index (κ1) is 35.7. The molecular weight excluding hydrogens is 708 g/mol. The molecule has 3 aromatic rings. The summed E-state index contributed by atoms with van der Waals surface area (Å²) in [5.74, 6) is -8.69. The van der Waals surface area contributed by atoms with E-state index in [0.29, 0.717) is 0 Å². The third kappa shape index (κ3) is 5.17. The van der Waals surface area contributed by atoms with Gasteiger partial charge in [-0.1, -0.05) is 0 Å². The quantitative estimate of drug-likeness (QED) is 0.189. The maximum Gasteiger partial charge on any atom is 0.422 e. The molecule has 0 atom stereocenters. The fraction of sp³-hybridized carbons (Fsp3) is 0.0571. The smallest absolute Gasteiger partial charge is 0.206 e. The minimum atomic E-state index is -5.53. The first-order valence-electron chi connectivity index (χ1n) is 13.6. The van der Waals surface area contributed by atoms with Gasteiger partial charge in [0, 0.05) is 39.0 Å². The lowest BCUT2D eigenvalue weighted by molar-refractivity contribution is -0.143. The average molecular weight is 713 g/mol. The second-order valence-corrected chi connectivity index (χ2v) is 10.5. The van der Waals surface area contributed by atoms with Gasteiger partial charge >= 0.3 is 12.4 Å². The number of benzene rings is 3. The number of nitrogens with zero attached hydrogens (tertiary/aromatic N) is 7. The van der Waals surface area contributed by atoms with Crippen LogP contribution < -0.4 is 0 Å². The summed E-state index contributed by atoms with van der Waals surface area (Å²) in [7, 11) is 0. The number of nitriles is 7. The molecule has 0 amide bonds. The Morgan fingerprint density at radius 2 is 0.846 bits per heavy atom. The van der Waals surface area contributed by atoms with E-state index in [4.69, 9.17) is 0 Å². The standard InChI is InChI=1S/C35H5F10N7/c36-22-1-13(2-23(37)32(22)34(40,41)42)26-19(10-50)17-5-18-28(15(6-46)7-47)27(14-3-24(38)33(25(39)4-14)35(43,44)45)20(11-51)30(18)21(12-52)31(17)29(26)16(8-48)9-49/h1-5H. The van der Waals surface area contributed by atoms with Crippen LogP contribution in [0.1, 0.15) is 50.1 Å². The number of halogens is 10.